The Balaban J connectivity index is 3.53. The predicted octanol–water partition coefficient (Wildman–Crippen LogP) is 1.83. The second-order valence-electron chi connectivity index (χ2n) is 4.41. The van der Waals surface area contributed by atoms with Crippen molar-refractivity contribution >= 4 is 0 Å². The molecular formula is C13H31N3. The molecule has 0 saturated carbocycles. The summed E-state index contributed by atoms with van der Waals surface area (Å²) < 4.78 is 0. The van der Waals surface area contributed by atoms with Crippen LogP contribution < -0.4 is 11.1 Å². The fourth-order valence-corrected chi connectivity index (χ4v) is 1.91. The van der Waals surface area contributed by atoms with E-state index in [4.69, 9.17) is 5.73 Å². The first-order valence-electron chi connectivity index (χ1n) is 6.94. The molecular weight excluding hydrogens is 198 g/mol. The molecule has 0 aromatic carbocycles. The summed E-state index contributed by atoms with van der Waals surface area (Å²) in [6, 6.07) is 0.516. The third-order valence-corrected chi connectivity index (χ3v) is 3.20. The highest BCUT2D eigenvalue weighted by Gasteiger charge is 2.05. The van der Waals surface area contributed by atoms with Gasteiger partial charge in [-0.05, 0) is 19.5 Å². The third kappa shape index (κ3) is 8.08. The monoisotopic (exact) mass is 229 g/mol. The molecule has 16 heavy (non-hydrogen) atoms. The Morgan fingerprint density at radius 2 is 1.81 bits per heavy atom. The minimum atomic E-state index is 0.516. The fourth-order valence-electron chi connectivity index (χ4n) is 1.91. The highest BCUT2D eigenvalue weighted by atomic mass is 15.1. The van der Waals surface area contributed by atoms with E-state index < -0.39 is 0 Å². The molecule has 0 heterocycles. The Bertz CT molecular complexity index is 135. The van der Waals surface area contributed by atoms with Gasteiger partial charge in [0.05, 0.1) is 0 Å². The van der Waals surface area contributed by atoms with E-state index in [1.165, 1.54) is 25.7 Å². The van der Waals surface area contributed by atoms with Gasteiger partial charge in [0.1, 0.15) is 0 Å². The normalized spacial score (nSPS) is 13.3. The molecule has 98 valence electrons. The largest absolute Gasteiger partial charge is 0.329 e. The molecule has 0 aromatic heterocycles. The van der Waals surface area contributed by atoms with Gasteiger partial charge in [-0.25, -0.2) is 0 Å². The maximum atomic E-state index is 5.76. The Kier molecular flexibility index (Phi) is 11.3. The van der Waals surface area contributed by atoms with Gasteiger partial charge in [0, 0.05) is 25.7 Å². The quantitative estimate of drug-likeness (QED) is 0.531. The van der Waals surface area contributed by atoms with Gasteiger partial charge in [-0.1, -0.05) is 40.0 Å². The zero-order valence-corrected chi connectivity index (χ0v) is 11.5. The summed E-state index contributed by atoms with van der Waals surface area (Å²) in [4.78, 5) is 2.44. The van der Waals surface area contributed by atoms with Crippen LogP contribution in [0, 0.1) is 0 Å². The summed E-state index contributed by atoms with van der Waals surface area (Å²) in [7, 11) is 0. The number of nitrogens with one attached hydrogen (secondary N) is 1. The topological polar surface area (TPSA) is 41.3 Å². The summed E-state index contributed by atoms with van der Waals surface area (Å²) in [5.41, 5.74) is 5.76. The zero-order valence-electron chi connectivity index (χ0n) is 11.5. The van der Waals surface area contributed by atoms with Crippen LogP contribution in [0.2, 0.25) is 0 Å². The number of nitrogens with zero attached hydrogens (tertiary/aromatic N) is 1. The molecule has 0 radical (unpaired) electrons. The van der Waals surface area contributed by atoms with Crippen LogP contribution in [0.4, 0.5) is 0 Å². The molecule has 0 aliphatic heterocycles. The lowest BCUT2D eigenvalue weighted by atomic mass is 10.1. The summed E-state index contributed by atoms with van der Waals surface area (Å²) >= 11 is 0. The number of hydrogen-bond acceptors (Lipinski definition) is 3. The molecule has 0 aliphatic rings. The average molecular weight is 229 g/mol. The SMILES string of the molecule is CCCCCC(CN)NCCN(CC)CC. The fraction of sp³-hybridized carbons (Fsp3) is 1.00. The molecule has 3 heteroatoms. The third-order valence-electron chi connectivity index (χ3n) is 3.20. The molecule has 0 fully saturated rings. The van der Waals surface area contributed by atoms with E-state index in [9.17, 15) is 0 Å². The summed E-state index contributed by atoms with van der Waals surface area (Å²) in [5.74, 6) is 0. The lowest BCUT2D eigenvalue weighted by Gasteiger charge is -2.21. The van der Waals surface area contributed by atoms with Crippen LogP contribution in [0.5, 0.6) is 0 Å². The smallest absolute Gasteiger partial charge is 0.0190 e. The van der Waals surface area contributed by atoms with Crippen LogP contribution in [0.3, 0.4) is 0 Å². The van der Waals surface area contributed by atoms with Gasteiger partial charge in [-0.15, -0.1) is 0 Å². The minimum Gasteiger partial charge on any atom is -0.329 e. The van der Waals surface area contributed by atoms with Gasteiger partial charge in [-0.2, -0.15) is 0 Å². The molecule has 0 aliphatic carbocycles. The molecule has 3 N–H and O–H groups in total. The summed E-state index contributed by atoms with van der Waals surface area (Å²) in [5, 5.41) is 3.56. The zero-order chi connectivity index (χ0) is 12.2. The molecule has 0 spiro atoms. The number of likely N-dealkylation sites (N-methyl/N-ethyl adjacent to an activating group) is 1. The molecule has 1 unspecified atom stereocenters. The number of unbranched alkanes of at least 4 members (excludes halogenated alkanes) is 2. The van der Waals surface area contributed by atoms with Crippen molar-refractivity contribution in [3.05, 3.63) is 0 Å². The van der Waals surface area contributed by atoms with E-state index >= 15 is 0 Å². The molecule has 0 rings (SSSR count). The standard InChI is InChI=1S/C13H31N3/c1-4-7-8-9-13(12-14)15-10-11-16(5-2)6-3/h13,15H,4-12,14H2,1-3H3. The number of hydrogen-bond donors (Lipinski definition) is 2. The van der Waals surface area contributed by atoms with Gasteiger partial charge >= 0.3 is 0 Å². The van der Waals surface area contributed by atoms with E-state index in [0.717, 1.165) is 32.7 Å². The van der Waals surface area contributed by atoms with Gasteiger partial charge < -0.3 is 16.0 Å². The maximum Gasteiger partial charge on any atom is 0.0190 e. The van der Waals surface area contributed by atoms with Crippen molar-refractivity contribution in [3.8, 4) is 0 Å². The second kappa shape index (κ2) is 11.4. The van der Waals surface area contributed by atoms with Gasteiger partial charge in [0.25, 0.3) is 0 Å². The highest BCUT2D eigenvalue weighted by Crippen LogP contribution is 2.02. The maximum absolute atomic E-state index is 5.76. The predicted molar refractivity (Wildman–Crippen MR) is 72.8 cm³/mol. The van der Waals surface area contributed by atoms with Crippen LogP contribution in [-0.2, 0) is 0 Å². The van der Waals surface area contributed by atoms with Crippen molar-refractivity contribution in [2.24, 2.45) is 5.73 Å². The van der Waals surface area contributed by atoms with Crippen molar-refractivity contribution in [2.75, 3.05) is 32.7 Å². The first-order chi connectivity index (χ1) is 7.78. The number of rotatable bonds is 11. The van der Waals surface area contributed by atoms with Crippen molar-refractivity contribution in [2.45, 2.75) is 52.5 Å². The first-order valence-corrected chi connectivity index (χ1v) is 6.94. The second-order valence-corrected chi connectivity index (χ2v) is 4.41. The molecule has 0 saturated heterocycles. The van der Waals surface area contributed by atoms with E-state index in [-0.39, 0.29) is 0 Å². The van der Waals surface area contributed by atoms with Crippen LogP contribution in [0.25, 0.3) is 0 Å². The van der Waals surface area contributed by atoms with Crippen molar-refractivity contribution < 1.29 is 0 Å². The summed E-state index contributed by atoms with van der Waals surface area (Å²) in [6.45, 7) is 11.9. The van der Waals surface area contributed by atoms with E-state index in [2.05, 4.69) is 31.0 Å². The first kappa shape index (κ1) is 15.9. The van der Waals surface area contributed by atoms with Crippen LogP contribution in [-0.4, -0.2) is 43.7 Å². The van der Waals surface area contributed by atoms with E-state index in [0.29, 0.717) is 6.04 Å². The number of nitrogens with two attached hydrogens (primary N) is 1. The van der Waals surface area contributed by atoms with E-state index in [1.54, 1.807) is 0 Å². The Morgan fingerprint density at radius 3 is 2.31 bits per heavy atom. The van der Waals surface area contributed by atoms with Crippen LogP contribution in [0.1, 0.15) is 46.5 Å². The highest BCUT2D eigenvalue weighted by molar-refractivity contribution is 4.68. The van der Waals surface area contributed by atoms with Gasteiger partial charge in [0.15, 0.2) is 0 Å². The lowest BCUT2D eigenvalue weighted by molar-refractivity contribution is 0.294. The van der Waals surface area contributed by atoms with Crippen LogP contribution in [0.15, 0.2) is 0 Å². The molecule has 0 aromatic rings. The Hall–Kier alpha value is -0.120. The van der Waals surface area contributed by atoms with Crippen molar-refractivity contribution in [3.63, 3.8) is 0 Å². The van der Waals surface area contributed by atoms with E-state index in [1.807, 2.05) is 0 Å². The van der Waals surface area contributed by atoms with Gasteiger partial charge in [0.2, 0.25) is 0 Å². The average Bonchev–Trinajstić information content (AvgIpc) is 2.32. The minimum absolute atomic E-state index is 0.516. The van der Waals surface area contributed by atoms with Crippen molar-refractivity contribution in [1.82, 2.24) is 10.2 Å². The molecule has 0 bridgehead atoms. The molecule has 1 atom stereocenters. The van der Waals surface area contributed by atoms with Gasteiger partial charge in [-0.3, -0.25) is 0 Å². The lowest BCUT2D eigenvalue weighted by Crippen LogP contribution is -2.40. The Labute approximate surface area is 102 Å². The summed E-state index contributed by atoms with van der Waals surface area (Å²) in [6.07, 6.45) is 5.14. The van der Waals surface area contributed by atoms with Crippen molar-refractivity contribution in [1.29, 1.82) is 0 Å². The molecule has 0 amide bonds. The molecule has 3 nitrogen and oxygen atoms in total. The van der Waals surface area contributed by atoms with Crippen LogP contribution >= 0.6 is 0 Å². The Morgan fingerprint density at radius 1 is 1.12 bits per heavy atom.